The summed E-state index contributed by atoms with van der Waals surface area (Å²) in [6.07, 6.45) is 2.22. The Morgan fingerprint density at radius 2 is 1.73 bits per heavy atom. The molecule has 0 spiro atoms. The number of aromatic nitrogens is 1. The first-order valence-electron chi connectivity index (χ1n) is 10.7. The van der Waals surface area contributed by atoms with E-state index in [2.05, 4.69) is 22.0 Å². The van der Waals surface area contributed by atoms with Gasteiger partial charge in [0, 0.05) is 56.5 Å². The lowest BCUT2D eigenvalue weighted by Crippen LogP contribution is -2.51. The van der Waals surface area contributed by atoms with E-state index in [0.29, 0.717) is 32.6 Å². The molecule has 0 saturated carbocycles. The Labute approximate surface area is 177 Å². The second-order valence-corrected chi connectivity index (χ2v) is 9.07. The number of carbonyl (C=O) groups excluding carboxylic acids is 2. The van der Waals surface area contributed by atoms with E-state index in [1.165, 1.54) is 5.69 Å². The average molecular weight is 411 g/mol. The second-order valence-electron chi connectivity index (χ2n) is 9.07. The van der Waals surface area contributed by atoms with Crippen molar-refractivity contribution in [3.05, 3.63) is 36.5 Å². The molecule has 0 aliphatic carbocycles. The summed E-state index contributed by atoms with van der Waals surface area (Å²) in [5.74, 6) is 0.0196. The van der Waals surface area contributed by atoms with Crippen LogP contribution in [0.5, 0.6) is 0 Å². The van der Waals surface area contributed by atoms with Crippen molar-refractivity contribution in [1.82, 2.24) is 14.8 Å². The van der Waals surface area contributed by atoms with Crippen LogP contribution in [-0.2, 0) is 9.53 Å². The van der Waals surface area contributed by atoms with Gasteiger partial charge in [-0.3, -0.25) is 9.78 Å². The highest BCUT2D eigenvalue weighted by molar-refractivity contribution is 5.91. The van der Waals surface area contributed by atoms with Crippen LogP contribution in [0.4, 0.5) is 10.5 Å². The van der Waals surface area contributed by atoms with Crippen LogP contribution in [0.25, 0.3) is 10.9 Å². The summed E-state index contributed by atoms with van der Waals surface area (Å²) in [4.78, 5) is 35.7. The Morgan fingerprint density at radius 1 is 1.00 bits per heavy atom. The van der Waals surface area contributed by atoms with Crippen LogP contribution < -0.4 is 4.90 Å². The first-order chi connectivity index (χ1) is 14.3. The van der Waals surface area contributed by atoms with Crippen LogP contribution in [0.15, 0.2) is 36.5 Å². The Kier molecular flexibility index (Phi) is 5.54. The lowest BCUT2D eigenvalue weighted by molar-refractivity contribution is -0.135. The number of rotatable bonds is 2. The second kappa shape index (κ2) is 8.13. The minimum absolute atomic E-state index is 0.133. The molecule has 2 fully saturated rings. The number of hydrogen-bond donors (Lipinski definition) is 0. The highest BCUT2D eigenvalue weighted by Crippen LogP contribution is 2.27. The topological polar surface area (TPSA) is 66.0 Å². The zero-order valence-corrected chi connectivity index (χ0v) is 18.0. The number of nitrogens with zero attached hydrogens (tertiary/aromatic N) is 4. The third-order valence-corrected chi connectivity index (χ3v) is 5.75. The van der Waals surface area contributed by atoms with Gasteiger partial charge >= 0.3 is 6.09 Å². The molecule has 30 heavy (non-hydrogen) atoms. The maximum absolute atomic E-state index is 13.0. The number of para-hydroxylation sites is 1. The van der Waals surface area contributed by atoms with E-state index in [1.807, 2.05) is 50.1 Å². The molecule has 2 amide bonds. The summed E-state index contributed by atoms with van der Waals surface area (Å²) in [7, 11) is 0. The minimum atomic E-state index is -0.521. The summed E-state index contributed by atoms with van der Waals surface area (Å²) in [5, 5.41) is 1.14. The molecular weight excluding hydrogens is 380 g/mol. The molecule has 0 N–H and O–H groups in total. The van der Waals surface area contributed by atoms with E-state index in [-0.39, 0.29) is 17.9 Å². The number of pyridine rings is 1. The number of fused-ring (bicyclic) bond motifs is 1. The van der Waals surface area contributed by atoms with Crippen molar-refractivity contribution in [1.29, 1.82) is 0 Å². The third-order valence-electron chi connectivity index (χ3n) is 5.75. The smallest absolute Gasteiger partial charge is 0.410 e. The SMILES string of the molecule is CC(C)(C)OC(=O)N1CC[C@H](C(=O)N2CCN(c3ccnc4ccccc34)CC2)C1. The molecule has 4 rings (SSSR count). The van der Waals surface area contributed by atoms with E-state index in [1.54, 1.807) is 4.90 Å². The van der Waals surface area contributed by atoms with Crippen LogP contribution in [0.2, 0.25) is 0 Å². The number of anilines is 1. The van der Waals surface area contributed by atoms with Crippen LogP contribution >= 0.6 is 0 Å². The summed E-state index contributed by atoms with van der Waals surface area (Å²) in [6.45, 7) is 9.57. The maximum atomic E-state index is 13.0. The molecule has 2 aliphatic heterocycles. The van der Waals surface area contributed by atoms with E-state index >= 15 is 0 Å². The number of ether oxygens (including phenoxy) is 1. The van der Waals surface area contributed by atoms with Crippen molar-refractivity contribution in [3.8, 4) is 0 Å². The number of amides is 2. The van der Waals surface area contributed by atoms with Gasteiger partial charge in [0.2, 0.25) is 5.91 Å². The van der Waals surface area contributed by atoms with Crippen LogP contribution in [0.3, 0.4) is 0 Å². The van der Waals surface area contributed by atoms with Crippen LogP contribution in [-0.4, -0.2) is 71.7 Å². The lowest BCUT2D eigenvalue weighted by Gasteiger charge is -2.37. The van der Waals surface area contributed by atoms with Crippen molar-refractivity contribution in [3.63, 3.8) is 0 Å². The van der Waals surface area contributed by atoms with Crippen LogP contribution in [0.1, 0.15) is 27.2 Å². The molecule has 0 radical (unpaired) electrons. The van der Waals surface area contributed by atoms with Gasteiger partial charge < -0.3 is 19.4 Å². The molecule has 3 heterocycles. The highest BCUT2D eigenvalue weighted by atomic mass is 16.6. The lowest BCUT2D eigenvalue weighted by atomic mass is 10.1. The predicted octanol–water partition coefficient (Wildman–Crippen LogP) is 3.14. The summed E-state index contributed by atoms with van der Waals surface area (Å²) < 4.78 is 5.44. The van der Waals surface area contributed by atoms with Crippen LogP contribution in [0, 0.1) is 5.92 Å². The molecule has 160 valence electrons. The zero-order chi connectivity index (χ0) is 21.3. The fraction of sp³-hybridized carbons (Fsp3) is 0.522. The van der Waals surface area contributed by atoms with E-state index in [9.17, 15) is 9.59 Å². The Bertz CT molecular complexity index is 926. The van der Waals surface area contributed by atoms with Gasteiger partial charge in [-0.25, -0.2) is 4.79 Å². The summed E-state index contributed by atoms with van der Waals surface area (Å²) >= 11 is 0. The van der Waals surface area contributed by atoms with Gasteiger partial charge in [-0.1, -0.05) is 18.2 Å². The van der Waals surface area contributed by atoms with Gasteiger partial charge in [0.1, 0.15) is 5.60 Å². The molecule has 0 bridgehead atoms. The fourth-order valence-electron chi connectivity index (χ4n) is 4.24. The summed E-state index contributed by atoms with van der Waals surface area (Å²) in [6, 6.07) is 10.2. The summed E-state index contributed by atoms with van der Waals surface area (Å²) in [5.41, 5.74) is 1.64. The van der Waals surface area contributed by atoms with Gasteiger partial charge in [-0.15, -0.1) is 0 Å². The van der Waals surface area contributed by atoms with Crippen molar-refractivity contribution < 1.29 is 14.3 Å². The number of carbonyl (C=O) groups is 2. The predicted molar refractivity (Wildman–Crippen MR) is 116 cm³/mol. The van der Waals surface area contributed by atoms with Crippen molar-refractivity contribution >= 4 is 28.6 Å². The molecule has 2 saturated heterocycles. The largest absolute Gasteiger partial charge is 0.444 e. The molecule has 2 aliphatic rings. The molecular formula is C23H30N4O3. The Hall–Kier alpha value is -2.83. The minimum Gasteiger partial charge on any atom is -0.444 e. The van der Waals surface area contributed by atoms with E-state index < -0.39 is 5.60 Å². The fourth-order valence-corrected chi connectivity index (χ4v) is 4.24. The molecule has 1 atom stereocenters. The standard InChI is InChI=1S/C23H30N4O3/c1-23(2,3)30-22(29)27-11-9-17(16-27)21(28)26-14-12-25(13-15-26)20-8-10-24-19-7-5-4-6-18(19)20/h4-8,10,17H,9,11-16H2,1-3H3/t17-/m0/s1. The Morgan fingerprint density at radius 3 is 2.47 bits per heavy atom. The highest BCUT2D eigenvalue weighted by Gasteiger charge is 2.36. The van der Waals surface area contributed by atoms with Gasteiger partial charge in [0.15, 0.2) is 0 Å². The first kappa shape index (κ1) is 20.4. The number of likely N-dealkylation sites (tertiary alicyclic amines) is 1. The molecule has 2 aromatic rings. The quantitative estimate of drug-likeness (QED) is 0.761. The number of benzene rings is 1. The molecule has 7 heteroatoms. The van der Waals surface area contributed by atoms with Gasteiger partial charge in [-0.05, 0) is 39.3 Å². The molecule has 1 aromatic heterocycles. The normalized spacial score (nSPS) is 20.0. The zero-order valence-electron chi connectivity index (χ0n) is 18.0. The van der Waals surface area contributed by atoms with E-state index in [0.717, 1.165) is 24.0 Å². The molecule has 1 aromatic carbocycles. The van der Waals surface area contributed by atoms with Gasteiger partial charge in [-0.2, -0.15) is 0 Å². The monoisotopic (exact) mass is 410 g/mol. The third kappa shape index (κ3) is 4.35. The van der Waals surface area contributed by atoms with Crippen molar-refractivity contribution in [2.75, 3.05) is 44.2 Å². The number of hydrogen-bond acceptors (Lipinski definition) is 5. The molecule has 7 nitrogen and oxygen atoms in total. The van der Waals surface area contributed by atoms with Gasteiger partial charge in [0.05, 0.1) is 11.4 Å². The number of piperazine rings is 1. The van der Waals surface area contributed by atoms with Crippen molar-refractivity contribution in [2.45, 2.75) is 32.8 Å². The van der Waals surface area contributed by atoms with E-state index in [4.69, 9.17) is 4.74 Å². The first-order valence-corrected chi connectivity index (χ1v) is 10.7. The maximum Gasteiger partial charge on any atom is 0.410 e. The average Bonchev–Trinajstić information content (AvgIpc) is 3.22. The Balaban J connectivity index is 1.34. The molecule has 0 unspecified atom stereocenters. The van der Waals surface area contributed by atoms with Gasteiger partial charge in [0.25, 0.3) is 0 Å². The van der Waals surface area contributed by atoms with Crippen molar-refractivity contribution in [2.24, 2.45) is 5.92 Å².